The smallest absolute Gasteiger partial charge is 0.223 e. The van der Waals surface area contributed by atoms with Crippen LogP contribution in [0.25, 0.3) is 0 Å². The molecule has 2 saturated heterocycles. The van der Waals surface area contributed by atoms with Gasteiger partial charge in [0.05, 0.1) is 0 Å². The molecule has 2 rings (SSSR count). The van der Waals surface area contributed by atoms with Crippen LogP contribution in [-0.2, 0) is 4.79 Å². The summed E-state index contributed by atoms with van der Waals surface area (Å²) in [6.07, 6.45) is 3.33. The van der Waals surface area contributed by atoms with Crippen LogP contribution in [0.3, 0.4) is 0 Å². The number of likely N-dealkylation sites (tertiary alicyclic amines) is 1. The van der Waals surface area contributed by atoms with Crippen molar-refractivity contribution in [3.05, 3.63) is 0 Å². The van der Waals surface area contributed by atoms with Crippen LogP contribution in [0.5, 0.6) is 0 Å². The van der Waals surface area contributed by atoms with Gasteiger partial charge in [-0.15, -0.1) is 0 Å². The fourth-order valence-corrected chi connectivity index (χ4v) is 2.80. The zero-order valence-corrected chi connectivity index (χ0v) is 10.4. The van der Waals surface area contributed by atoms with Gasteiger partial charge in [-0.2, -0.15) is 0 Å². The third-order valence-corrected chi connectivity index (χ3v) is 3.82. The maximum absolute atomic E-state index is 11.5. The minimum atomic E-state index is 0.239. The standard InChI is InChI=1S/C12H23N3O/c1-14(2)12(16)5-7-15-8-10-4-3-6-13-11(10)9-15/h10-11,13H,3-9H2,1-2H3/t10-,11+/m0/s1. The average molecular weight is 225 g/mol. The molecule has 2 heterocycles. The van der Waals surface area contributed by atoms with Crippen molar-refractivity contribution in [3.8, 4) is 0 Å². The van der Waals surface area contributed by atoms with Gasteiger partial charge < -0.3 is 15.1 Å². The molecule has 16 heavy (non-hydrogen) atoms. The number of carbonyl (C=O) groups excluding carboxylic acids is 1. The van der Waals surface area contributed by atoms with Gasteiger partial charge in [0.2, 0.25) is 5.91 Å². The van der Waals surface area contributed by atoms with Crippen LogP contribution in [-0.4, -0.2) is 62.0 Å². The molecule has 4 heteroatoms. The second-order valence-electron chi connectivity index (χ2n) is 5.26. The lowest BCUT2D eigenvalue weighted by atomic mass is 9.94. The number of piperidine rings is 1. The molecular weight excluding hydrogens is 202 g/mol. The average Bonchev–Trinajstić information content (AvgIpc) is 2.68. The Labute approximate surface area is 98.0 Å². The number of amides is 1. The lowest BCUT2D eigenvalue weighted by Crippen LogP contribution is -2.40. The minimum Gasteiger partial charge on any atom is -0.349 e. The molecule has 0 radical (unpaired) electrons. The fraction of sp³-hybridized carbons (Fsp3) is 0.917. The Morgan fingerprint density at radius 3 is 2.94 bits per heavy atom. The predicted molar refractivity (Wildman–Crippen MR) is 64.3 cm³/mol. The lowest BCUT2D eigenvalue weighted by Gasteiger charge is -2.24. The molecule has 2 aliphatic heterocycles. The van der Waals surface area contributed by atoms with Gasteiger partial charge in [-0.1, -0.05) is 0 Å². The van der Waals surface area contributed by atoms with E-state index in [0.717, 1.165) is 19.0 Å². The van der Waals surface area contributed by atoms with Gasteiger partial charge in [0, 0.05) is 46.2 Å². The molecule has 0 aromatic carbocycles. The number of hydrogen-bond acceptors (Lipinski definition) is 3. The van der Waals surface area contributed by atoms with E-state index in [4.69, 9.17) is 0 Å². The molecule has 1 amide bonds. The van der Waals surface area contributed by atoms with Crippen LogP contribution in [0, 0.1) is 5.92 Å². The highest BCUT2D eigenvalue weighted by Gasteiger charge is 2.33. The normalized spacial score (nSPS) is 30.1. The number of rotatable bonds is 3. The maximum Gasteiger partial charge on any atom is 0.223 e. The van der Waals surface area contributed by atoms with Crippen molar-refractivity contribution in [2.45, 2.75) is 25.3 Å². The molecule has 0 spiro atoms. The molecule has 0 aliphatic carbocycles. The minimum absolute atomic E-state index is 0.239. The highest BCUT2D eigenvalue weighted by Crippen LogP contribution is 2.24. The van der Waals surface area contributed by atoms with E-state index < -0.39 is 0 Å². The number of nitrogens with zero attached hydrogens (tertiary/aromatic N) is 2. The van der Waals surface area contributed by atoms with Crippen LogP contribution < -0.4 is 5.32 Å². The first kappa shape index (κ1) is 11.9. The summed E-state index contributed by atoms with van der Waals surface area (Å²) in [4.78, 5) is 15.6. The number of nitrogens with one attached hydrogen (secondary N) is 1. The van der Waals surface area contributed by atoms with E-state index in [1.165, 1.54) is 25.9 Å². The van der Waals surface area contributed by atoms with E-state index in [2.05, 4.69) is 10.2 Å². The monoisotopic (exact) mass is 225 g/mol. The van der Waals surface area contributed by atoms with Gasteiger partial charge in [0.15, 0.2) is 0 Å². The van der Waals surface area contributed by atoms with Crippen molar-refractivity contribution in [2.75, 3.05) is 40.3 Å². The van der Waals surface area contributed by atoms with E-state index >= 15 is 0 Å². The van der Waals surface area contributed by atoms with E-state index in [0.29, 0.717) is 12.5 Å². The summed E-state index contributed by atoms with van der Waals surface area (Å²) in [5.74, 6) is 1.06. The number of hydrogen-bond donors (Lipinski definition) is 1. The second kappa shape index (κ2) is 5.15. The van der Waals surface area contributed by atoms with E-state index in [9.17, 15) is 4.79 Å². The first-order chi connectivity index (χ1) is 7.66. The number of fused-ring (bicyclic) bond motifs is 1. The summed E-state index contributed by atoms with van der Waals surface area (Å²) in [6, 6.07) is 0.684. The van der Waals surface area contributed by atoms with Crippen molar-refractivity contribution in [1.82, 2.24) is 15.1 Å². The van der Waals surface area contributed by atoms with Gasteiger partial charge in [-0.05, 0) is 25.3 Å². The molecule has 92 valence electrons. The molecule has 4 nitrogen and oxygen atoms in total. The van der Waals surface area contributed by atoms with Crippen molar-refractivity contribution in [1.29, 1.82) is 0 Å². The summed E-state index contributed by atoms with van der Waals surface area (Å²) in [5.41, 5.74) is 0. The summed E-state index contributed by atoms with van der Waals surface area (Å²) < 4.78 is 0. The van der Waals surface area contributed by atoms with Gasteiger partial charge in [-0.25, -0.2) is 0 Å². The molecule has 0 unspecified atom stereocenters. The molecule has 0 aromatic rings. The Bertz CT molecular complexity index is 241. The Hall–Kier alpha value is -0.610. The van der Waals surface area contributed by atoms with Crippen molar-refractivity contribution < 1.29 is 4.79 Å². The molecular formula is C12H23N3O. The summed E-state index contributed by atoms with van der Waals surface area (Å²) in [5, 5.41) is 3.58. The fourth-order valence-electron chi connectivity index (χ4n) is 2.80. The second-order valence-corrected chi connectivity index (χ2v) is 5.26. The molecule has 0 bridgehead atoms. The van der Waals surface area contributed by atoms with Gasteiger partial charge in [0.1, 0.15) is 0 Å². The van der Waals surface area contributed by atoms with E-state index in [1.807, 2.05) is 14.1 Å². The quantitative estimate of drug-likeness (QED) is 0.742. The maximum atomic E-state index is 11.5. The Kier molecular flexibility index (Phi) is 3.82. The largest absolute Gasteiger partial charge is 0.349 e. The van der Waals surface area contributed by atoms with Gasteiger partial charge in [0.25, 0.3) is 0 Å². The number of carbonyl (C=O) groups is 1. The van der Waals surface area contributed by atoms with Gasteiger partial charge in [-0.3, -0.25) is 4.79 Å². The predicted octanol–water partition coefficient (Wildman–Crippen LogP) is 0.149. The lowest BCUT2D eigenvalue weighted by molar-refractivity contribution is -0.128. The van der Waals surface area contributed by atoms with Crippen LogP contribution in [0.4, 0.5) is 0 Å². The van der Waals surface area contributed by atoms with Crippen LogP contribution in [0.15, 0.2) is 0 Å². The SMILES string of the molecule is CN(C)C(=O)CCN1C[C@@H]2CCCN[C@@H]2C1. The van der Waals surface area contributed by atoms with Crippen molar-refractivity contribution >= 4 is 5.91 Å². The third-order valence-electron chi connectivity index (χ3n) is 3.82. The topological polar surface area (TPSA) is 35.6 Å². The highest BCUT2D eigenvalue weighted by atomic mass is 16.2. The summed E-state index contributed by atoms with van der Waals surface area (Å²) in [7, 11) is 3.65. The van der Waals surface area contributed by atoms with Crippen LogP contribution in [0.2, 0.25) is 0 Å². The zero-order valence-electron chi connectivity index (χ0n) is 10.4. The molecule has 2 aliphatic rings. The van der Waals surface area contributed by atoms with Crippen LogP contribution in [0.1, 0.15) is 19.3 Å². The molecule has 0 aromatic heterocycles. The van der Waals surface area contributed by atoms with E-state index in [1.54, 1.807) is 4.90 Å². The van der Waals surface area contributed by atoms with E-state index in [-0.39, 0.29) is 5.91 Å². The van der Waals surface area contributed by atoms with Gasteiger partial charge >= 0.3 is 0 Å². The highest BCUT2D eigenvalue weighted by molar-refractivity contribution is 5.75. The molecule has 2 fully saturated rings. The Morgan fingerprint density at radius 2 is 2.25 bits per heavy atom. The Morgan fingerprint density at radius 1 is 1.44 bits per heavy atom. The van der Waals surface area contributed by atoms with Crippen molar-refractivity contribution in [2.24, 2.45) is 5.92 Å². The molecule has 1 N–H and O–H groups in total. The molecule has 0 saturated carbocycles. The first-order valence-electron chi connectivity index (χ1n) is 6.32. The third kappa shape index (κ3) is 2.74. The summed E-state index contributed by atoms with van der Waals surface area (Å²) >= 11 is 0. The van der Waals surface area contributed by atoms with Crippen LogP contribution >= 0.6 is 0 Å². The molecule has 2 atom stereocenters. The van der Waals surface area contributed by atoms with Crippen molar-refractivity contribution in [3.63, 3.8) is 0 Å². The summed E-state index contributed by atoms with van der Waals surface area (Å²) in [6.45, 7) is 4.40. The first-order valence-corrected chi connectivity index (χ1v) is 6.32. The Balaban J connectivity index is 1.74. The zero-order chi connectivity index (χ0) is 11.5.